The first-order valence-electron chi connectivity index (χ1n) is 5.89. The molecule has 0 radical (unpaired) electrons. The smallest absolute Gasteiger partial charge is 0.327 e. The fraction of sp³-hybridized carbons (Fsp3) is 0.800. The quantitative estimate of drug-likeness (QED) is 0.410. The molecule has 2 fully saturated rings. The minimum absolute atomic E-state index is 0.0902. The second kappa shape index (κ2) is 5.44. The summed E-state index contributed by atoms with van der Waals surface area (Å²) in [6.07, 6.45) is 2.22. The number of rotatable bonds is 4. The van der Waals surface area contributed by atoms with Gasteiger partial charge in [-0.05, 0) is 19.4 Å². The zero-order chi connectivity index (χ0) is 12.3. The lowest BCUT2D eigenvalue weighted by molar-refractivity contribution is -0.151. The van der Waals surface area contributed by atoms with Gasteiger partial charge in [0.15, 0.2) is 0 Å². The number of piperidine rings is 1. The molecule has 2 aliphatic heterocycles. The molecule has 0 aromatic heterocycles. The molecule has 0 spiro atoms. The van der Waals surface area contributed by atoms with Crippen molar-refractivity contribution in [2.45, 2.75) is 25.3 Å². The van der Waals surface area contributed by atoms with Crippen molar-refractivity contribution in [1.29, 1.82) is 0 Å². The Morgan fingerprint density at radius 2 is 2.47 bits per heavy atom. The van der Waals surface area contributed by atoms with Crippen LogP contribution in [0.5, 0.6) is 0 Å². The average molecular weight is 242 g/mol. The van der Waals surface area contributed by atoms with Gasteiger partial charge in [-0.3, -0.25) is 14.5 Å². The van der Waals surface area contributed by atoms with Gasteiger partial charge < -0.3 is 10.2 Å². The minimum Gasteiger partial charge on any atom is -0.356 e. The van der Waals surface area contributed by atoms with E-state index in [1.165, 1.54) is 0 Å². The van der Waals surface area contributed by atoms with Gasteiger partial charge in [0.1, 0.15) is 0 Å². The summed E-state index contributed by atoms with van der Waals surface area (Å²) in [5.41, 5.74) is 1.87. The van der Waals surface area contributed by atoms with Gasteiger partial charge in [-0.25, -0.2) is 5.84 Å². The van der Waals surface area contributed by atoms with Crippen LogP contribution >= 0.6 is 0 Å². The molecule has 7 heteroatoms. The summed E-state index contributed by atoms with van der Waals surface area (Å²) in [5, 5.41) is 2.88. The number of amides is 1. The molecule has 4 N–H and O–H groups in total. The molecule has 2 heterocycles. The number of fused-ring (bicyclic) bond motifs is 1. The molecular formula is C10H18N4O3. The third-order valence-corrected chi connectivity index (χ3v) is 3.49. The van der Waals surface area contributed by atoms with Crippen molar-refractivity contribution < 1.29 is 14.4 Å². The third-order valence-electron chi connectivity index (χ3n) is 3.49. The summed E-state index contributed by atoms with van der Waals surface area (Å²) in [7, 11) is 0. The van der Waals surface area contributed by atoms with Gasteiger partial charge in [0.2, 0.25) is 5.91 Å². The van der Waals surface area contributed by atoms with E-state index in [-0.39, 0.29) is 30.3 Å². The molecule has 0 aromatic rings. The molecule has 7 nitrogen and oxygen atoms in total. The highest BCUT2D eigenvalue weighted by molar-refractivity contribution is 5.82. The molecule has 1 amide bonds. The van der Waals surface area contributed by atoms with Crippen molar-refractivity contribution in [3.63, 3.8) is 0 Å². The Hall–Kier alpha value is -1.18. The van der Waals surface area contributed by atoms with Crippen LogP contribution in [-0.4, -0.2) is 42.5 Å². The first kappa shape index (κ1) is 12.3. The number of likely N-dealkylation sites (tertiary alicyclic amines) is 1. The van der Waals surface area contributed by atoms with Crippen LogP contribution in [0, 0.1) is 5.92 Å². The molecule has 96 valence electrons. The molecule has 2 unspecified atom stereocenters. The molecule has 2 rings (SSSR count). The van der Waals surface area contributed by atoms with E-state index in [0.29, 0.717) is 13.1 Å². The van der Waals surface area contributed by atoms with E-state index in [0.717, 1.165) is 19.4 Å². The number of hydrogen-bond donors (Lipinski definition) is 3. The Kier molecular flexibility index (Phi) is 3.93. The monoisotopic (exact) mass is 242 g/mol. The predicted molar refractivity (Wildman–Crippen MR) is 59.1 cm³/mol. The molecular weight excluding hydrogens is 224 g/mol. The number of nitrogens with one attached hydrogen (secondary N) is 2. The first-order chi connectivity index (χ1) is 8.22. The van der Waals surface area contributed by atoms with E-state index in [9.17, 15) is 9.59 Å². The summed E-state index contributed by atoms with van der Waals surface area (Å²) in [6.45, 7) is 2.23. The van der Waals surface area contributed by atoms with Crippen LogP contribution < -0.4 is 16.7 Å². The molecule has 0 aliphatic carbocycles. The second-order valence-corrected chi connectivity index (χ2v) is 4.44. The van der Waals surface area contributed by atoms with Gasteiger partial charge in [-0.2, -0.15) is 0 Å². The third kappa shape index (κ3) is 2.74. The highest BCUT2D eigenvalue weighted by Crippen LogP contribution is 2.27. The van der Waals surface area contributed by atoms with Gasteiger partial charge in [0, 0.05) is 19.1 Å². The summed E-state index contributed by atoms with van der Waals surface area (Å²) in [5.74, 6) is 4.73. The Morgan fingerprint density at radius 1 is 1.65 bits per heavy atom. The average Bonchev–Trinajstić information content (AvgIpc) is 2.70. The van der Waals surface area contributed by atoms with Crippen LogP contribution in [0.25, 0.3) is 0 Å². The number of hydrogen-bond acceptors (Lipinski definition) is 6. The highest BCUT2D eigenvalue weighted by Gasteiger charge is 2.40. The maximum absolute atomic E-state index is 11.5. The molecule has 17 heavy (non-hydrogen) atoms. The number of nitrogens with zero attached hydrogens (tertiary/aromatic N) is 1. The minimum atomic E-state index is -0.382. The predicted octanol–water partition coefficient (Wildman–Crippen LogP) is -1.49. The first-order valence-corrected chi connectivity index (χ1v) is 5.89. The molecule has 2 aliphatic rings. The SMILES string of the molecule is NNOC(=O)CCN1CCCC2C(=O)NCC21. The lowest BCUT2D eigenvalue weighted by Crippen LogP contribution is -2.46. The van der Waals surface area contributed by atoms with Crippen molar-refractivity contribution >= 4 is 11.9 Å². The van der Waals surface area contributed by atoms with E-state index < -0.39 is 0 Å². The van der Waals surface area contributed by atoms with E-state index in [2.05, 4.69) is 15.1 Å². The van der Waals surface area contributed by atoms with Crippen LogP contribution in [-0.2, 0) is 14.4 Å². The van der Waals surface area contributed by atoms with Crippen molar-refractivity contribution in [2.75, 3.05) is 19.6 Å². The van der Waals surface area contributed by atoms with E-state index >= 15 is 0 Å². The normalized spacial score (nSPS) is 28.6. The zero-order valence-electron chi connectivity index (χ0n) is 9.65. The summed E-state index contributed by atoms with van der Waals surface area (Å²) < 4.78 is 0. The number of nitrogens with two attached hydrogens (primary N) is 1. The van der Waals surface area contributed by atoms with E-state index in [1.807, 2.05) is 5.59 Å². The van der Waals surface area contributed by atoms with Crippen molar-refractivity contribution in [3.05, 3.63) is 0 Å². The van der Waals surface area contributed by atoms with E-state index in [4.69, 9.17) is 5.84 Å². The summed E-state index contributed by atoms with van der Waals surface area (Å²) in [4.78, 5) is 29.3. The van der Waals surface area contributed by atoms with Gasteiger partial charge in [0.05, 0.1) is 12.3 Å². The van der Waals surface area contributed by atoms with Crippen LogP contribution in [0.3, 0.4) is 0 Å². The van der Waals surface area contributed by atoms with Crippen LogP contribution in [0.15, 0.2) is 0 Å². The zero-order valence-corrected chi connectivity index (χ0v) is 9.65. The maximum Gasteiger partial charge on any atom is 0.327 e. The lowest BCUT2D eigenvalue weighted by Gasteiger charge is -2.35. The Balaban J connectivity index is 1.84. The van der Waals surface area contributed by atoms with Crippen molar-refractivity contribution in [1.82, 2.24) is 15.8 Å². The number of carbonyl (C=O) groups is 2. The fourth-order valence-electron chi connectivity index (χ4n) is 2.67. The summed E-state index contributed by atoms with van der Waals surface area (Å²) in [6, 6.07) is 0.231. The number of carbonyl (C=O) groups excluding carboxylic acids is 2. The molecule has 2 saturated heterocycles. The van der Waals surface area contributed by atoms with Crippen LogP contribution in [0.4, 0.5) is 0 Å². The molecule has 0 saturated carbocycles. The Morgan fingerprint density at radius 3 is 3.24 bits per heavy atom. The van der Waals surface area contributed by atoms with Gasteiger partial charge >= 0.3 is 5.97 Å². The van der Waals surface area contributed by atoms with Crippen molar-refractivity contribution in [2.24, 2.45) is 11.8 Å². The maximum atomic E-state index is 11.5. The largest absolute Gasteiger partial charge is 0.356 e. The van der Waals surface area contributed by atoms with Crippen LogP contribution in [0.1, 0.15) is 19.3 Å². The number of hydrazine groups is 1. The fourth-order valence-corrected chi connectivity index (χ4v) is 2.67. The standard InChI is InChI=1S/C10H18N4O3/c11-13-17-9(15)3-5-14-4-1-2-7-8(14)6-12-10(7)16/h7-8,13H,1-6,11H2,(H,12,16). The topological polar surface area (TPSA) is 96.7 Å². The van der Waals surface area contributed by atoms with Gasteiger partial charge in [-0.15, -0.1) is 0 Å². The summed E-state index contributed by atoms with van der Waals surface area (Å²) >= 11 is 0. The second-order valence-electron chi connectivity index (χ2n) is 4.44. The van der Waals surface area contributed by atoms with Gasteiger partial charge in [-0.1, -0.05) is 5.59 Å². The van der Waals surface area contributed by atoms with Crippen LogP contribution in [0.2, 0.25) is 0 Å². The van der Waals surface area contributed by atoms with E-state index in [1.54, 1.807) is 0 Å². The lowest BCUT2D eigenvalue weighted by atomic mass is 9.91. The molecule has 0 aromatic carbocycles. The molecule has 2 atom stereocenters. The van der Waals surface area contributed by atoms with Crippen molar-refractivity contribution in [3.8, 4) is 0 Å². The van der Waals surface area contributed by atoms with Gasteiger partial charge in [0.25, 0.3) is 0 Å². The Labute approximate surface area is 99.6 Å². The Bertz CT molecular complexity index is 310. The highest BCUT2D eigenvalue weighted by atomic mass is 16.7. The molecule has 0 bridgehead atoms.